The summed E-state index contributed by atoms with van der Waals surface area (Å²) < 4.78 is 37.8. The van der Waals surface area contributed by atoms with E-state index in [1.807, 2.05) is 4.98 Å². The molecule has 2 saturated heterocycles. The number of aromatic nitrogens is 2. The first kappa shape index (κ1) is 19.2. The SMILES string of the molecule is CC(C)OP1(=S)OCC2(N=[N+]=[N-])O[C@@H](n3ccc(=O)[nH]c3=O)[C@H](F)C2O1. The molecule has 0 aliphatic carbocycles. The fourth-order valence-corrected chi connectivity index (χ4v) is 5.22. The average molecular weight is 407 g/mol. The highest BCUT2D eigenvalue weighted by Crippen LogP contribution is 2.61. The van der Waals surface area contributed by atoms with Crippen molar-refractivity contribution in [1.82, 2.24) is 9.55 Å². The number of hydrogen-bond donors (Lipinski definition) is 1. The molecule has 2 aliphatic heterocycles. The summed E-state index contributed by atoms with van der Waals surface area (Å²) in [5, 5.41) is 3.49. The number of H-pyrrole nitrogens is 1. The maximum absolute atomic E-state index is 15.1. The predicted octanol–water partition coefficient (Wildman–Crippen LogP) is 1.47. The number of nitrogens with zero attached hydrogens (tertiary/aromatic N) is 4. The van der Waals surface area contributed by atoms with Crippen molar-refractivity contribution in [3.05, 3.63) is 43.5 Å². The van der Waals surface area contributed by atoms with Crippen molar-refractivity contribution in [2.24, 2.45) is 5.11 Å². The molecule has 26 heavy (non-hydrogen) atoms. The van der Waals surface area contributed by atoms with E-state index in [4.69, 9.17) is 35.6 Å². The van der Waals surface area contributed by atoms with Crippen molar-refractivity contribution in [1.29, 1.82) is 0 Å². The van der Waals surface area contributed by atoms with Crippen molar-refractivity contribution < 1.29 is 22.7 Å². The van der Waals surface area contributed by atoms with Crippen LogP contribution in [0.5, 0.6) is 0 Å². The molecule has 3 rings (SSSR count). The Morgan fingerprint density at radius 1 is 1.62 bits per heavy atom. The van der Waals surface area contributed by atoms with E-state index in [-0.39, 0.29) is 6.10 Å². The Labute approximate surface area is 150 Å². The van der Waals surface area contributed by atoms with Gasteiger partial charge >= 0.3 is 12.4 Å². The van der Waals surface area contributed by atoms with E-state index in [1.54, 1.807) is 13.8 Å². The van der Waals surface area contributed by atoms with Gasteiger partial charge in [-0.15, -0.1) is 0 Å². The van der Waals surface area contributed by atoms with Gasteiger partial charge in [0.15, 0.2) is 12.4 Å². The molecule has 3 unspecified atom stereocenters. The quantitative estimate of drug-likeness (QED) is 0.345. The highest BCUT2D eigenvalue weighted by molar-refractivity contribution is 8.07. The van der Waals surface area contributed by atoms with Gasteiger partial charge in [0, 0.05) is 17.2 Å². The Hall–Kier alpha value is -1.59. The normalized spacial score (nSPS) is 36.5. The first-order valence-electron chi connectivity index (χ1n) is 7.51. The second-order valence-corrected chi connectivity index (χ2v) is 8.82. The maximum atomic E-state index is 15.1. The average Bonchev–Trinajstić information content (AvgIpc) is 2.80. The molecule has 0 bridgehead atoms. The number of azide groups is 1. The molecule has 2 aliphatic rings. The van der Waals surface area contributed by atoms with E-state index >= 15 is 4.39 Å². The number of halogens is 1. The van der Waals surface area contributed by atoms with Crippen molar-refractivity contribution in [2.45, 2.75) is 44.2 Å². The van der Waals surface area contributed by atoms with E-state index in [1.165, 1.54) is 0 Å². The largest absolute Gasteiger partial charge is 0.337 e. The van der Waals surface area contributed by atoms with Crippen LogP contribution >= 0.6 is 6.72 Å². The summed E-state index contributed by atoms with van der Waals surface area (Å²) in [6, 6.07) is 1.03. The number of ether oxygens (including phenoxy) is 1. The van der Waals surface area contributed by atoms with Crippen LogP contribution in [-0.4, -0.2) is 40.3 Å². The van der Waals surface area contributed by atoms with Gasteiger partial charge in [-0.3, -0.25) is 18.9 Å². The zero-order valence-electron chi connectivity index (χ0n) is 13.6. The van der Waals surface area contributed by atoms with Crippen LogP contribution in [-0.2, 0) is 30.1 Å². The van der Waals surface area contributed by atoms with E-state index < -0.39 is 48.8 Å². The maximum Gasteiger partial charge on any atom is 0.330 e. The number of nitrogens with one attached hydrogen (secondary N) is 1. The van der Waals surface area contributed by atoms with E-state index in [0.29, 0.717) is 0 Å². The molecule has 142 valence electrons. The van der Waals surface area contributed by atoms with Crippen LogP contribution in [0.15, 0.2) is 27.0 Å². The molecule has 5 atom stereocenters. The third-order valence-electron chi connectivity index (χ3n) is 3.68. The first-order chi connectivity index (χ1) is 12.2. The number of hydrogen-bond acceptors (Lipinski definition) is 8. The summed E-state index contributed by atoms with van der Waals surface area (Å²) in [4.78, 5) is 27.8. The van der Waals surface area contributed by atoms with Crippen LogP contribution in [0.2, 0.25) is 0 Å². The Morgan fingerprint density at radius 3 is 2.96 bits per heavy atom. The summed E-state index contributed by atoms with van der Waals surface area (Å²) in [5.74, 6) is 0. The minimum atomic E-state index is -3.30. The smallest absolute Gasteiger partial charge is 0.330 e. The van der Waals surface area contributed by atoms with Gasteiger partial charge in [-0.25, -0.2) is 9.18 Å². The highest BCUT2D eigenvalue weighted by Gasteiger charge is 2.62. The molecule has 0 saturated carbocycles. The van der Waals surface area contributed by atoms with Crippen molar-refractivity contribution in [3.8, 4) is 0 Å². The summed E-state index contributed by atoms with van der Waals surface area (Å²) >= 11 is 5.21. The van der Waals surface area contributed by atoms with Crippen LogP contribution in [0.1, 0.15) is 20.1 Å². The van der Waals surface area contributed by atoms with Gasteiger partial charge in [0.05, 0.1) is 12.7 Å². The molecule has 0 spiro atoms. The van der Waals surface area contributed by atoms with Crippen LogP contribution < -0.4 is 11.2 Å². The molecule has 1 N–H and O–H groups in total. The minimum absolute atomic E-state index is 0.342. The van der Waals surface area contributed by atoms with Crippen LogP contribution in [0.4, 0.5) is 4.39 Å². The topological polar surface area (TPSA) is 141 Å². The van der Waals surface area contributed by atoms with Gasteiger partial charge < -0.3 is 13.8 Å². The van der Waals surface area contributed by atoms with Crippen molar-refractivity contribution in [3.63, 3.8) is 0 Å². The predicted molar refractivity (Wildman–Crippen MR) is 89.5 cm³/mol. The second kappa shape index (κ2) is 6.86. The third kappa shape index (κ3) is 3.35. The van der Waals surface area contributed by atoms with Gasteiger partial charge in [0.25, 0.3) is 5.56 Å². The fraction of sp³-hybridized carbons (Fsp3) is 0.667. The molecule has 3 heterocycles. The summed E-state index contributed by atoms with van der Waals surface area (Å²) in [6.07, 6.45) is -4.17. The van der Waals surface area contributed by atoms with Crippen LogP contribution in [0, 0.1) is 0 Å². The van der Waals surface area contributed by atoms with Crippen molar-refractivity contribution >= 4 is 18.5 Å². The Morgan fingerprint density at radius 2 is 2.35 bits per heavy atom. The molecule has 1 aromatic heterocycles. The fourth-order valence-electron chi connectivity index (χ4n) is 2.67. The monoisotopic (exact) mass is 407 g/mol. The van der Waals surface area contributed by atoms with E-state index in [2.05, 4.69) is 10.0 Å². The summed E-state index contributed by atoms with van der Waals surface area (Å²) in [6.45, 7) is -0.288. The molecule has 2 fully saturated rings. The zero-order chi connectivity index (χ0) is 19.1. The van der Waals surface area contributed by atoms with E-state index in [9.17, 15) is 9.59 Å². The number of rotatable bonds is 4. The minimum Gasteiger partial charge on any atom is -0.337 e. The van der Waals surface area contributed by atoms with Gasteiger partial charge in [-0.1, -0.05) is 5.11 Å². The lowest BCUT2D eigenvalue weighted by Gasteiger charge is -2.39. The van der Waals surface area contributed by atoms with Crippen LogP contribution in [0.3, 0.4) is 0 Å². The van der Waals surface area contributed by atoms with Gasteiger partial charge in [0.1, 0.15) is 6.10 Å². The molecular formula is C12H15FN5O6PS. The number of alkyl halides is 1. The molecule has 0 amide bonds. The third-order valence-corrected chi connectivity index (χ3v) is 6.13. The molecule has 11 nitrogen and oxygen atoms in total. The molecule has 0 radical (unpaired) electrons. The lowest BCUT2D eigenvalue weighted by atomic mass is 10.1. The molecule has 0 aromatic carbocycles. The van der Waals surface area contributed by atoms with E-state index in [0.717, 1.165) is 16.8 Å². The summed E-state index contributed by atoms with van der Waals surface area (Å²) in [5.41, 5.74) is 5.45. The molecule has 1 aromatic rings. The second-order valence-electron chi connectivity index (χ2n) is 5.91. The van der Waals surface area contributed by atoms with Crippen molar-refractivity contribution in [2.75, 3.05) is 6.61 Å². The van der Waals surface area contributed by atoms with Gasteiger partial charge in [-0.05, 0) is 31.2 Å². The Balaban J connectivity index is 2.00. The van der Waals surface area contributed by atoms with Gasteiger partial charge in [-0.2, -0.15) is 0 Å². The highest BCUT2D eigenvalue weighted by atomic mass is 32.5. The zero-order valence-corrected chi connectivity index (χ0v) is 15.4. The molecule has 14 heteroatoms. The van der Waals surface area contributed by atoms with Gasteiger partial charge in [0.2, 0.25) is 5.72 Å². The molecular weight excluding hydrogens is 392 g/mol. The number of fused-ring (bicyclic) bond motifs is 1. The summed E-state index contributed by atoms with van der Waals surface area (Å²) in [7, 11) is 0. The Kier molecular flexibility index (Phi) is 5.06. The standard InChI is InChI=1S/C12H15FN5O6PS/c1-6(2)23-25(26)21-5-12(16-17-14)9(24-25)8(13)10(22-12)18-4-3-7(19)15-11(18)20/h3-4,6,8-10H,5H2,1-2H3,(H,15,19,20)/t8-,9?,10-,12?,25?/m1/s1. The first-order valence-corrected chi connectivity index (χ1v) is 10.1. The lowest BCUT2D eigenvalue weighted by molar-refractivity contribution is -0.138. The Bertz CT molecular complexity index is 916. The lowest BCUT2D eigenvalue weighted by Crippen LogP contribution is -2.48. The van der Waals surface area contributed by atoms with Crippen LogP contribution in [0.25, 0.3) is 10.4 Å². The number of aromatic amines is 1.